The molecule has 108 valence electrons. The van der Waals surface area contributed by atoms with Crippen molar-refractivity contribution in [1.82, 2.24) is 10.6 Å². The Morgan fingerprint density at radius 3 is 1.89 bits per heavy atom. The van der Waals surface area contributed by atoms with E-state index < -0.39 is 23.9 Å². The van der Waals surface area contributed by atoms with Crippen molar-refractivity contribution in [2.75, 3.05) is 5.75 Å². The van der Waals surface area contributed by atoms with Crippen LogP contribution in [0.3, 0.4) is 0 Å². The summed E-state index contributed by atoms with van der Waals surface area (Å²) in [4.78, 5) is 44.7. The highest BCUT2D eigenvalue weighted by Gasteiger charge is 2.22. The lowest BCUT2D eigenvalue weighted by molar-refractivity contribution is -0.125. The average molecular weight is 289 g/mol. The summed E-state index contributed by atoms with van der Waals surface area (Å²) in [5, 5.41) is 4.60. The van der Waals surface area contributed by atoms with Crippen LogP contribution in [0.1, 0.15) is 27.2 Å². The molecule has 0 spiro atoms. The third-order valence-electron chi connectivity index (χ3n) is 2.18. The van der Waals surface area contributed by atoms with Crippen molar-refractivity contribution in [2.24, 2.45) is 5.73 Å². The minimum atomic E-state index is -0.902. The highest BCUT2D eigenvalue weighted by Crippen LogP contribution is 2.10. The number of hydrogen-bond acceptors (Lipinski definition) is 5. The van der Waals surface area contributed by atoms with Gasteiger partial charge in [-0.3, -0.25) is 19.2 Å². The molecule has 0 radical (unpaired) electrons. The summed E-state index contributed by atoms with van der Waals surface area (Å²) in [5.41, 5.74) is 5.11. The zero-order valence-electron chi connectivity index (χ0n) is 11.2. The number of carbonyl (C=O) groups is 4. The Labute approximate surface area is 116 Å². The normalized spacial score (nSPS) is 13.2. The highest BCUT2D eigenvalue weighted by molar-refractivity contribution is 8.13. The highest BCUT2D eigenvalue weighted by atomic mass is 32.2. The maximum atomic E-state index is 11.8. The molecule has 0 bridgehead atoms. The number of amides is 3. The molecule has 0 fully saturated rings. The molecule has 0 saturated heterocycles. The standard InChI is InChI=1S/C11H19N3O4S/c1-4-8(13-6(2)15)11(18)19-5-9(10(12)17)14-7(3)16/h8-9H,4-5H2,1-3H3,(H2,12,17)(H,13,15)(H,14,16). The maximum Gasteiger partial charge on any atom is 0.240 e. The van der Waals surface area contributed by atoms with Crippen LogP contribution in [-0.4, -0.2) is 40.7 Å². The van der Waals surface area contributed by atoms with Crippen LogP contribution in [0.5, 0.6) is 0 Å². The number of carbonyl (C=O) groups excluding carboxylic acids is 4. The molecule has 0 heterocycles. The fourth-order valence-corrected chi connectivity index (χ4v) is 2.28. The molecule has 0 aromatic rings. The number of hydrogen-bond donors (Lipinski definition) is 3. The van der Waals surface area contributed by atoms with Gasteiger partial charge in [0.2, 0.25) is 22.8 Å². The molecule has 0 aromatic heterocycles. The second kappa shape index (κ2) is 8.52. The quantitative estimate of drug-likeness (QED) is 0.564. The maximum absolute atomic E-state index is 11.8. The molecule has 2 unspecified atom stereocenters. The summed E-state index contributed by atoms with van der Waals surface area (Å²) in [6.45, 7) is 4.34. The van der Waals surface area contributed by atoms with E-state index in [1.807, 2.05) is 0 Å². The van der Waals surface area contributed by atoms with Crippen LogP contribution in [0.2, 0.25) is 0 Å². The van der Waals surface area contributed by atoms with Crippen LogP contribution in [0.15, 0.2) is 0 Å². The van der Waals surface area contributed by atoms with E-state index in [0.29, 0.717) is 6.42 Å². The van der Waals surface area contributed by atoms with Gasteiger partial charge in [-0.15, -0.1) is 0 Å². The van der Waals surface area contributed by atoms with Crippen LogP contribution < -0.4 is 16.4 Å². The lowest BCUT2D eigenvalue weighted by Crippen LogP contribution is -2.46. The van der Waals surface area contributed by atoms with Gasteiger partial charge in [-0.25, -0.2) is 0 Å². The summed E-state index contributed by atoms with van der Waals surface area (Å²) >= 11 is 0.860. The molecule has 4 N–H and O–H groups in total. The zero-order chi connectivity index (χ0) is 15.0. The number of rotatable bonds is 7. The number of nitrogens with two attached hydrogens (primary N) is 1. The van der Waals surface area contributed by atoms with E-state index in [-0.39, 0.29) is 16.8 Å². The van der Waals surface area contributed by atoms with Gasteiger partial charge in [0.1, 0.15) is 6.04 Å². The third kappa shape index (κ3) is 7.45. The van der Waals surface area contributed by atoms with E-state index in [2.05, 4.69) is 10.6 Å². The number of primary amides is 1. The van der Waals surface area contributed by atoms with Crippen LogP contribution in [0, 0.1) is 0 Å². The van der Waals surface area contributed by atoms with E-state index in [1.165, 1.54) is 13.8 Å². The van der Waals surface area contributed by atoms with Crippen molar-refractivity contribution in [3.05, 3.63) is 0 Å². The third-order valence-corrected chi connectivity index (χ3v) is 3.25. The summed E-state index contributed by atoms with van der Waals surface area (Å²) < 4.78 is 0. The molecule has 2 atom stereocenters. The van der Waals surface area contributed by atoms with Gasteiger partial charge in [-0.1, -0.05) is 18.7 Å². The molecule has 19 heavy (non-hydrogen) atoms. The summed E-state index contributed by atoms with van der Waals surface area (Å²) in [6.07, 6.45) is 0.451. The van der Waals surface area contributed by atoms with Gasteiger partial charge in [0.15, 0.2) is 0 Å². The Morgan fingerprint density at radius 2 is 1.53 bits per heavy atom. The van der Waals surface area contributed by atoms with Crippen LogP contribution in [0.25, 0.3) is 0 Å². The summed E-state index contributed by atoms with van der Waals surface area (Å²) in [6, 6.07) is -1.50. The topological polar surface area (TPSA) is 118 Å². The Morgan fingerprint density at radius 1 is 1.05 bits per heavy atom. The van der Waals surface area contributed by atoms with E-state index in [4.69, 9.17) is 5.73 Å². The molecule has 0 aromatic carbocycles. The first-order valence-corrected chi connectivity index (χ1v) is 6.76. The van der Waals surface area contributed by atoms with Crippen LogP contribution in [-0.2, 0) is 19.2 Å². The molecule has 0 aliphatic heterocycles. The van der Waals surface area contributed by atoms with E-state index in [1.54, 1.807) is 6.92 Å². The van der Waals surface area contributed by atoms with Gasteiger partial charge in [-0.2, -0.15) is 0 Å². The largest absolute Gasteiger partial charge is 0.368 e. The van der Waals surface area contributed by atoms with E-state index in [0.717, 1.165) is 11.8 Å². The fraction of sp³-hybridized carbons (Fsp3) is 0.636. The monoisotopic (exact) mass is 289 g/mol. The van der Waals surface area contributed by atoms with Gasteiger partial charge in [0.05, 0.1) is 6.04 Å². The van der Waals surface area contributed by atoms with Gasteiger partial charge < -0.3 is 16.4 Å². The van der Waals surface area contributed by atoms with Gasteiger partial charge in [0.25, 0.3) is 0 Å². The Bertz CT molecular complexity index is 373. The van der Waals surface area contributed by atoms with Crippen molar-refractivity contribution < 1.29 is 19.2 Å². The summed E-state index contributed by atoms with van der Waals surface area (Å²) in [7, 11) is 0. The van der Waals surface area contributed by atoms with Gasteiger partial charge >= 0.3 is 0 Å². The fourth-order valence-electron chi connectivity index (χ4n) is 1.28. The molecule has 0 rings (SSSR count). The van der Waals surface area contributed by atoms with Crippen LogP contribution in [0.4, 0.5) is 0 Å². The predicted octanol–water partition coefficient (Wildman–Crippen LogP) is -0.849. The predicted molar refractivity (Wildman–Crippen MR) is 72.2 cm³/mol. The SMILES string of the molecule is CCC(NC(C)=O)C(=O)SCC(NC(C)=O)C(N)=O. The minimum absolute atomic E-state index is 0.0455. The van der Waals surface area contributed by atoms with Crippen molar-refractivity contribution in [3.8, 4) is 0 Å². The Balaban J connectivity index is 4.41. The molecule has 7 nitrogen and oxygen atoms in total. The first-order chi connectivity index (χ1) is 8.77. The first-order valence-electron chi connectivity index (χ1n) is 5.78. The Hall–Kier alpha value is -1.57. The van der Waals surface area contributed by atoms with Gasteiger partial charge in [-0.05, 0) is 6.42 Å². The molecule has 8 heteroatoms. The average Bonchev–Trinajstić information content (AvgIpc) is 2.29. The molecule has 3 amide bonds. The van der Waals surface area contributed by atoms with Crippen molar-refractivity contribution >= 4 is 34.6 Å². The molecular formula is C11H19N3O4S. The van der Waals surface area contributed by atoms with Crippen molar-refractivity contribution in [1.29, 1.82) is 0 Å². The van der Waals surface area contributed by atoms with Gasteiger partial charge in [0, 0.05) is 19.6 Å². The molecule has 0 saturated carbocycles. The number of nitrogens with one attached hydrogen (secondary N) is 2. The van der Waals surface area contributed by atoms with Crippen LogP contribution >= 0.6 is 11.8 Å². The summed E-state index contributed by atoms with van der Waals surface area (Å²) in [5.74, 6) is -1.35. The lowest BCUT2D eigenvalue weighted by Gasteiger charge is -2.17. The second-order valence-corrected chi connectivity index (χ2v) is 4.97. The Kier molecular flexibility index (Phi) is 7.81. The molecule has 0 aliphatic rings. The van der Waals surface area contributed by atoms with Crippen molar-refractivity contribution in [2.45, 2.75) is 39.3 Å². The van der Waals surface area contributed by atoms with Crippen molar-refractivity contribution in [3.63, 3.8) is 0 Å². The molecular weight excluding hydrogens is 270 g/mol. The van der Waals surface area contributed by atoms with E-state index >= 15 is 0 Å². The van der Waals surface area contributed by atoms with E-state index in [9.17, 15) is 19.2 Å². The first kappa shape index (κ1) is 17.4. The zero-order valence-corrected chi connectivity index (χ0v) is 12.0. The lowest BCUT2D eigenvalue weighted by atomic mass is 10.2. The minimum Gasteiger partial charge on any atom is -0.368 e. The molecule has 0 aliphatic carbocycles. The number of thioether (sulfide) groups is 1. The smallest absolute Gasteiger partial charge is 0.240 e. The second-order valence-electron chi connectivity index (χ2n) is 3.95.